The average molecular weight is 393 g/mol. The van der Waals surface area contributed by atoms with Gasteiger partial charge in [0, 0.05) is 5.54 Å². The molecule has 0 unspecified atom stereocenters. The number of hydrogen-bond donors (Lipinski definition) is 3. The summed E-state index contributed by atoms with van der Waals surface area (Å²) in [5.41, 5.74) is 9.91. The molecule has 0 radical (unpaired) electrons. The summed E-state index contributed by atoms with van der Waals surface area (Å²) in [5.74, 6) is 0.138. The van der Waals surface area contributed by atoms with Crippen LogP contribution in [0.4, 0.5) is 28.7 Å². The second-order valence-electron chi connectivity index (χ2n) is 7.29. The predicted octanol–water partition coefficient (Wildman–Crippen LogP) is 4.27. The van der Waals surface area contributed by atoms with Gasteiger partial charge in [-0.2, -0.15) is 0 Å². The van der Waals surface area contributed by atoms with Crippen LogP contribution in [0.2, 0.25) is 0 Å². The number of rotatable bonds is 7. The van der Waals surface area contributed by atoms with Gasteiger partial charge in [-0.3, -0.25) is 26.0 Å². The molecule has 0 aliphatic heterocycles. The Morgan fingerprint density at radius 2 is 1.41 bits per heavy atom. The van der Waals surface area contributed by atoms with Crippen molar-refractivity contribution in [2.75, 3.05) is 15.9 Å². The van der Waals surface area contributed by atoms with Crippen LogP contribution >= 0.6 is 0 Å². The summed E-state index contributed by atoms with van der Waals surface area (Å²) < 4.78 is 0. The zero-order chi connectivity index (χ0) is 20.9. The molecule has 0 bridgehead atoms. The lowest BCUT2D eigenvalue weighted by Gasteiger charge is -2.26. The fraction of sp³-hybridized carbons (Fsp3) is 0.200. The van der Waals surface area contributed by atoms with E-state index in [0.29, 0.717) is 0 Å². The maximum absolute atomic E-state index is 11.8. The van der Waals surface area contributed by atoms with Crippen LogP contribution in [-0.4, -0.2) is 20.4 Å². The third kappa shape index (κ3) is 5.17. The molecule has 29 heavy (non-hydrogen) atoms. The van der Waals surface area contributed by atoms with Gasteiger partial charge in [0.05, 0.1) is 16.3 Å². The Morgan fingerprint density at radius 1 is 0.897 bits per heavy atom. The summed E-state index contributed by atoms with van der Waals surface area (Å²) in [7, 11) is 0. The quantitative estimate of drug-likeness (QED) is 0.403. The van der Waals surface area contributed by atoms with Gasteiger partial charge < -0.3 is 0 Å². The molecule has 3 rings (SSSR count). The van der Waals surface area contributed by atoms with Crippen molar-refractivity contribution < 1.29 is 4.92 Å². The number of para-hydroxylation sites is 2. The molecule has 0 spiro atoms. The molecule has 1 aromatic heterocycles. The molecule has 0 aliphatic rings. The zero-order valence-corrected chi connectivity index (χ0v) is 16.5. The maximum Gasteiger partial charge on any atom is 0.356 e. The standard InChI is InChI=1S/C20H23N7O2/c1-20(2,3)25-23-18-17(27(28)29)19(22-14-21-18)24-26(15-10-6-4-7-11-15)16-12-8-5-9-13-16/h4-14,25H,1-3H3,(H2,21,22,23,24). The maximum atomic E-state index is 11.8. The van der Waals surface area contributed by atoms with Crippen LogP contribution in [0.25, 0.3) is 0 Å². The number of benzene rings is 2. The van der Waals surface area contributed by atoms with E-state index in [1.54, 1.807) is 5.01 Å². The first-order chi connectivity index (χ1) is 13.8. The van der Waals surface area contributed by atoms with Gasteiger partial charge in [0.1, 0.15) is 6.33 Å². The van der Waals surface area contributed by atoms with Crippen molar-refractivity contribution in [3.63, 3.8) is 0 Å². The summed E-state index contributed by atoms with van der Waals surface area (Å²) in [4.78, 5) is 19.5. The minimum Gasteiger partial charge on any atom is -0.299 e. The van der Waals surface area contributed by atoms with Crippen LogP contribution in [0.1, 0.15) is 20.8 Å². The molecule has 150 valence electrons. The fourth-order valence-corrected chi connectivity index (χ4v) is 2.51. The van der Waals surface area contributed by atoms with Crippen molar-refractivity contribution in [2.45, 2.75) is 26.3 Å². The molecule has 9 heteroatoms. The van der Waals surface area contributed by atoms with E-state index in [1.165, 1.54) is 6.33 Å². The summed E-state index contributed by atoms with van der Waals surface area (Å²) >= 11 is 0. The number of anilines is 4. The zero-order valence-electron chi connectivity index (χ0n) is 16.5. The molecule has 2 aromatic carbocycles. The van der Waals surface area contributed by atoms with Gasteiger partial charge in [-0.05, 0) is 45.0 Å². The first-order valence-electron chi connectivity index (χ1n) is 9.04. The van der Waals surface area contributed by atoms with Crippen LogP contribution in [-0.2, 0) is 0 Å². The third-order valence-corrected chi connectivity index (χ3v) is 3.81. The minimum absolute atomic E-state index is 0.0657. The summed E-state index contributed by atoms with van der Waals surface area (Å²) in [6.07, 6.45) is 1.27. The van der Waals surface area contributed by atoms with Crippen molar-refractivity contribution in [1.29, 1.82) is 0 Å². The van der Waals surface area contributed by atoms with E-state index in [9.17, 15) is 10.1 Å². The Labute approximate surface area is 168 Å². The minimum atomic E-state index is -0.511. The highest BCUT2D eigenvalue weighted by Crippen LogP contribution is 2.32. The van der Waals surface area contributed by atoms with E-state index in [0.717, 1.165) is 11.4 Å². The Hall–Kier alpha value is -3.72. The molecule has 3 N–H and O–H groups in total. The number of nitro groups is 1. The van der Waals surface area contributed by atoms with Gasteiger partial charge in [0.2, 0.25) is 11.6 Å². The fourth-order valence-electron chi connectivity index (χ4n) is 2.51. The van der Waals surface area contributed by atoms with Crippen LogP contribution in [0.5, 0.6) is 0 Å². The topological polar surface area (TPSA) is 108 Å². The molecule has 0 atom stereocenters. The highest BCUT2D eigenvalue weighted by atomic mass is 16.6. The van der Waals surface area contributed by atoms with Crippen molar-refractivity contribution >= 4 is 28.7 Å². The van der Waals surface area contributed by atoms with Crippen LogP contribution in [0.3, 0.4) is 0 Å². The second-order valence-corrected chi connectivity index (χ2v) is 7.29. The lowest BCUT2D eigenvalue weighted by Crippen LogP contribution is -2.40. The number of aromatic nitrogens is 2. The molecule has 3 aromatic rings. The smallest absolute Gasteiger partial charge is 0.299 e. The molecular weight excluding hydrogens is 370 g/mol. The van der Waals surface area contributed by atoms with Gasteiger partial charge in [-0.15, -0.1) is 0 Å². The Balaban J connectivity index is 2.00. The van der Waals surface area contributed by atoms with E-state index < -0.39 is 4.92 Å². The van der Waals surface area contributed by atoms with E-state index >= 15 is 0 Å². The van der Waals surface area contributed by atoms with Crippen molar-refractivity contribution in [2.24, 2.45) is 0 Å². The number of nitrogens with one attached hydrogen (secondary N) is 3. The molecule has 0 saturated carbocycles. The van der Waals surface area contributed by atoms with Gasteiger partial charge in [-0.25, -0.2) is 15.4 Å². The summed E-state index contributed by atoms with van der Waals surface area (Å²) in [6.45, 7) is 5.79. The van der Waals surface area contributed by atoms with Gasteiger partial charge in [-0.1, -0.05) is 36.4 Å². The third-order valence-electron chi connectivity index (χ3n) is 3.81. The second kappa shape index (κ2) is 8.53. The molecule has 0 fully saturated rings. The number of hydrogen-bond acceptors (Lipinski definition) is 8. The highest BCUT2D eigenvalue weighted by molar-refractivity contribution is 5.74. The monoisotopic (exact) mass is 393 g/mol. The lowest BCUT2D eigenvalue weighted by atomic mass is 10.1. The van der Waals surface area contributed by atoms with Gasteiger partial charge in [0.25, 0.3) is 0 Å². The van der Waals surface area contributed by atoms with E-state index in [-0.39, 0.29) is 22.9 Å². The number of nitrogens with zero attached hydrogens (tertiary/aromatic N) is 4. The van der Waals surface area contributed by atoms with Crippen molar-refractivity contribution in [1.82, 2.24) is 15.4 Å². The summed E-state index contributed by atoms with van der Waals surface area (Å²) in [5, 5.41) is 13.6. The SMILES string of the molecule is CC(C)(C)NNc1ncnc(NN(c2ccccc2)c2ccccc2)c1[N+](=O)[O-]. The molecular formula is C20H23N7O2. The van der Waals surface area contributed by atoms with Gasteiger partial charge in [0.15, 0.2) is 0 Å². The first-order valence-corrected chi connectivity index (χ1v) is 9.04. The van der Waals surface area contributed by atoms with Crippen LogP contribution in [0, 0.1) is 10.1 Å². The molecule has 0 saturated heterocycles. The number of hydrazine groups is 2. The average Bonchev–Trinajstić information content (AvgIpc) is 2.71. The largest absolute Gasteiger partial charge is 0.356 e. The lowest BCUT2D eigenvalue weighted by molar-refractivity contribution is -0.383. The Morgan fingerprint density at radius 3 is 1.90 bits per heavy atom. The molecule has 0 amide bonds. The highest BCUT2D eigenvalue weighted by Gasteiger charge is 2.26. The first kappa shape index (κ1) is 20.0. The molecule has 9 nitrogen and oxygen atoms in total. The van der Waals surface area contributed by atoms with E-state index in [4.69, 9.17) is 0 Å². The Bertz CT molecular complexity index is 920. The van der Waals surface area contributed by atoms with E-state index in [2.05, 4.69) is 26.2 Å². The summed E-state index contributed by atoms with van der Waals surface area (Å²) in [6, 6.07) is 19.0. The van der Waals surface area contributed by atoms with Crippen molar-refractivity contribution in [3.05, 3.63) is 77.1 Å². The van der Waals surface area contributed by atoms with Gasteiger partial charge >= 0.3 is 5.69 Å². The van der Waals surface area contributed by atoms with Crippen molar-refractivity contribution in [3.8, 4) is 0 Å². The van der Waals surface area contributed by atoms with Crippen LogP contribution in [0.15, 0.2) is 67.0 Å². The predicted molar refractivity (Wildman–Crippen MR) is 114 cm³/mol. The molecule has 0 aliphatic carbocycles. The van der Waals surface area contributed by atoms with E-state index in [1.807, 2.05) is 81.4 Å². The van der Waals surface area contributed by atoms with Crippen LogP contribution < -0.4 is 21.3 Å². The normalized spacial score (nSPS) is 11.0. The Kier molecular flexibility index (Phi) is 5.89. The molecule has 1 heterocycles.